The van der Waals surface area contributed by atoms with Crippen molar-refractivity contribution in [3.05, 3.63) is 35.9 Å². The van der Waals surface area contributed by atoms with Crippen LogP contribution in [0.5, 0.6) is 0 Å². The van der Waals surface area contributed by atoms with Crippen LogP contribution in [-0.2, 0) is 19.7 Å². The minimum absolute atomic E-state index is 0.00165. The molecule has 0 saturated carbocycles. The van der Waals surface area contributed by atoms with Gasteiger partial charge in [0.05, 0.1) is 0 Å². The SMILES string of the molecule is O=C1CCC(C(=O)O[C@@H]2CN3CCC2CC3)(c2ccccc2)CN1. The van der Waals surface area contributed by atoms with Gasteiger partial charge >= 0.3 is 5.97 Å². The lowest BCUT2D eigenvalue weighted by molar-refractivity contribution is -0.167. The number of benzene rings is 1. The van der Waals surface area contributed by atoms with Crippen molar-refractivity contribution in [1.29, 1.82) is 0 Å². The van der Waals surface area contributed by atoms with Crippen molar-refractivity contribution in [2.45, 2.75) is 37.2 Å². The van der Waals surface area contributed by atoms with E-state index in [2.05, 4.69) is 10.2 Å². The van der Waals surface area contributed by atoms with E-state index in [1.54, 1.807) is 0 Å². The van der Waals surface area contributed by atoms with E-state index in [1.807, 2.05) is 30.3 Å². The molecule has 4 aliphatic heterocycles. The van der Waals surface area contributed by atoms with Crippen LogP contribution in [0.1, 0.15) is 31.2 Å². The number of esters is 1. The van der Waals surface area contributed by atoms with Crippen LogP contribution in [0, 0.1) is 5.92 Å². The maximum absolute atomic E-state index is 13.2. The van der Waals surface area contributed by atoms with Crippen molar-refractivity contribution in [2.75, 3.05) is 26.2 Å². The van der Waals surface area contributed by atoms with Gasteiger partial charge in [0.2, 0.25) is 5.91 Å². The van der Waals surface area contributed by atoms with Crippen LogP contribution in [0.15, 0.2) is 30.3 Å². The van der Waals surface area contributed by atoms with Crippen LogP contribution in [0.2, 0.25) is 0 Å². The first-order chi connectivity index (χ1) is 11.7. The summed E-state index contributed by atoms with van der Waals surface area (Å²) in [6.07, 6.45) is 3.12. The van der Waals surface area contributed by atoms with E-state index in [4.69, 9.17) is 4.74 Å². The van der Waals surface area contributed by atoms with Gasteiger partial charge in [-0.1, -0.05) is 30.3 Å². The van der Waals surface area contributed by atoms with Crippen LogP contribution in [0.4, 0.5) is 0 Å². The summed E-state index contributed by atoms with van der Waals surface area (Å²) in [5.41, 5.74) is 0.192. The second-order valence-corrected chi connectivity index (χ2v) is 7.31. The molecular weight excluding hydrogens is 304 g/mol. The molecule has 4 saturated heterocycles. The Kier molecular flexibility index (Phi) is 4.04. The number of nitrogens with one attached hydrogen (secondary N) is 1. The predicted molar refractivity (Wildman–Crippen MR) is 89.4 cm³/mol. The molecule has 1 N–H and O–H groups in total. The average Bonchev–Trinajstić information content (AvgIpc) is 2.64. The minimum atomic E-state index is -0.749. The standard InChI is InChI=1S/C19H24N2O3/c22-17-6-9-19(13-20-17,15-4-2-1-3-5-15)18(23)24-16-12-21-10-7-14(16)8-11-21/h1-5,14,16H,6-13H2,(H,20,22)/t16-,19?/m1/s1. The largest absolute Gasteiger partial charge is 0.460 e. The summed E-state index contributed by atoms with van der Waals surface area (Å²) in [7, 11) is 0. The molecule has 4 heterocycles. The van der Waals surface area contributed by atoms with Crippen LogP contribution in [0.3, 0.4) is 0 Å². The Labute approximate surface area is 142 Å². The Balaban J connectivity index is 1.57. The Bertz CT molecular complexity index is 613. The molecule has 2 atom stereocenters. The highest BCUT2D eigenvalue weighted by molar-refractivity contribution is 5.88. The maximum atomic E-state index is 13.2. The summed E-state index contributed by atoms with van der Waals surface area (Å²) in [4.78, 5) is 27.2. The number of fused-ring (bicyclic) bond motifs is 3. The van der Waals surface area contributed by atoms with E-state index in [0.29, 0.717) is 25.3 Å². The fourth-order valence-electron chi connectivity index (χ4n) is 4.34. The Hall–Kier alpha value is -1.88. The second kappa shape index (κ2) is 6.20. The van der Waals surface area contributed by atoms with Crippen molar-refractivity contribution < 1.29 is 14.3 Å². The topological polar surface area (TPSA) is 58.6 Å². The molecule has 2 bridgehead atoms. The van der Waals surface area contributed by atoms with Gasteiger partial charge in [-0.05, 0) is 43.8 Å². The van der Waals surface area contributed by atoms with Crippen LogP contribution in [-0.4, -0.2) is 49.1 Å². The summed E-state index contributed by atoms with van der Waals surface area (Å²) in [5, 5.41) is 2.87. The fraction of sp³-hybridized carbons (Fsp3) is 0.579. The predicted octanol–water partition coefficient (Wildman–Crippen LogP) is 1.47. The molecule has 0 spiro atoms. The average molecular weight is 328 g/mol. The zero-order chi connectivity index (χ0) is 16.6. The summed E-state index contributed by atoms with van der Waals surface area (Å²) >= 11 is 0. The third kappa shape index (κ3) is 2.71. The lowest BCUT2D eigenvalue weighted by Crippen LogP contribution is -2.56. The van der Waals surface area contributed by atoms with Crippen molar-refractivity contribution in [1.82, 2.24) is 10.2 Å². The molecule has 0 aliphatic carbocycles. The zero-order valence-corrected chi connectivity index (χ0v) is 13.9. The molecule has 1 aromatic rings. The number of amides is 1. The summed E-state index contributed by atoms with van der Waals surface area (Å²) in [6, 6.07) is 9.76. The molecule has 0 aromatic heterocycles. The maximum Gasteiger partial charge on any atom is 0.318 e. The molecule has 0 radical (unpaired) electrons. The number of carbonyl (C=O) groups is 2. The molecule has 5 heteroatoms. The minimum Gasteiger partial charge on any atom is -0.460 e. The first-order valence-electron chi connectivity index (χ1n) is 8.93. The smallest absolute Gasteiger partial charge is 0.318 e. The van der Waals surface area contributed by atoms with E-state index in [-0.39, 0.29) is 18.0 Å². The lowest BCUT2D eigenvalue weighted by atomic mass is 9.74. The van der Waals surface area contributed by atoms with Gasteiger partial charge in [0.15, 0.2) is 0 Å². The third-order valence-electron chi connectivity index (χ3n) is 5.94. The van der Waals surface area contributed by atoms with Gasteiger partial charge in [0.1, 0.15) is 11.5 Å². The van der Waals surface area contributed by atoms with Gasteiger partial charge in [-0.25, -0.2) is 0 Å². The van der Waals surface area contributed by atoms with Crippen molar-refractivity contribution in [3.8, 4) is 0 Å². The Morgan fingerprint density at radius 2 is 1.96 bits per heavy atom. The molecule has 1 amide bonds. The Morgan fingerprint density at radius 1 is 1.21 bits per heavy atom. The summed E-state index contributed by atoms with van der Waals surface area (Å²) < 4.78 is 6.03. The molecule has 1 aromatic carbocycles. The lowest BCUT2D eigenvalue weighted by Gasteiger charge is -2.45. The van der Waals surface area contributed by atoms with E-state index >= 15 is 0 Å². The number of nitrogens with zero attached hydrogens (tertiary/aromatic N) is 1. The van der Waals surface area contributed by atoms with Crippen molar-refractivity contribution in [3.63, 3.8) is 0 Å². The zero-order valence-electron chi connectivity index (χ0n) is 13.9. The van der Waals surface area contributed by atoms with Gasteiger partial charge in [0.25, 0.3) is 0 Å². The number of piperidine rings is 4. The second-order valence-electron chi connectivity index (χ2n) is 7.31. The molecule has 1 unspecified atom stereocenters. The number of carbonyl (C=O) groups excluding carboxylic acids is 2. The first kappa shape index (κ1) is 15.6. The normalized spacial score (nSPS) is 35.3. The van der Waals surface area contributed by atoms with Gasteiger partial charge < -0.3 is 10.1 Å². The molecule has 5 nitrogen and oxygen atoms in total. The quantitative estimate of drug-likeness (QED) is 0.854. The van der Waals surface area contributed by atoms with E-state index in [0.717, 1.165) is 38.0 Å². The first-order valence-corrected chi connectivity index (χ1v) is 8.93. The van der Waals surface area contributed by atoms with Crippen molar-refractivity contribution in [2.24, 2.45) is 5.92 Å². The number of hydrogen-bond donors (Lipinski definition) is 1. The van der Waals surface area contributed by atoms with E-state index < -0.39 is 5.41 Å². The Morgan fingerprint density at radius 3 is 2.54 bits per heavy atom. The highest BCUT2D eigenvalue weighted by Crippen LogP contribution is 2.36. The van der Waals surface area contributed by atoms with Crippen molar-refractivity contribution >= 4 is 11.9 Å². The van der Waals surface area contributed by atoms with Crippen LogP contribution >= 0.6 is 0 Å². The number of hydrogen-bond acceptors (Lipinski definition) is 4. The monoisotopic (exact) mass is 328 g/mol. The van der Waals surface area contributed by atoms with Gasteiger partial charge in [-0.15, -0.1) is 0 Å². The van der Waals surface area contributed by atoms with E-state index in [1.165, 1.54) is 0 Å². The number of ether oxygens (including phenoxy) is 1. The molecular formula is C19H24N2O3. The summed E-state index contributed by atoms with van der Waals surface area (Å²) in [5.74, 6) is 0.328. The molecule has 5 rings (SSSR count). The molecule has 24 heavy (non-hydrogen) atoms. The molecule has 128 valence electrons. The third-order valence-corrected chi connectivity index (χ3v) is 5.94. The highest BCUT2D eigenvalue weighted by atomic mass is 16.5. The van der Waals surface area contributed by atoms with Crippen LogP contribution in [0.25, 0.3) is 0 Å². The fourth-order valence-corrected chi connectivity index (χ4v) is 4.34. The molecule has 4 aliphatic rings. The van der Waals surface area contributed by atoms with Crippen LogP contribution < -0.4 is 5.32 Å². The van der Waals surface area contributed by atoms with Gasteiger partial charge in [-0.2, -0.15) is 0 Å². The highest BCUT2D eigenvalue weighted by Gasteiger charge is 2.47. The summed E-state index contributed by atoms with van der Waals surface area (Å²) in [6.45, 7) is 3.43. The number of rotatable bonds is 3. The van der Waals surface area contributed by atoms with Gasteiger partial charge in [0, 0.05) is 19.5 Å². The molecule has 4 fully saturated rings. The van der Waals surface area contributed by atoms with Gasteiger partial charge in [-0.3, -0.25) is 14.5 Å². The van der Waals surface area contributed by atoms with E-state index in [9.17, 15) is 9.59 Å².